The Morgan fingerprint density at radius 3 is 2.42 bits per heavy atom. The highest BCUT2D eigenvalue weighted by molar-refractivity contribution is 7.91. The van der Waals surface area contributed by atoms with E-state index in [1.165, 1.54) is 0 Å². The summed E-state index contributed by atoms with van der Waals surface area (Å²) in [6.45, 7) is 5.37. The molecule has 6 heteroatoms. The van der Waals surface area contributed by atoms with Crippen molar-refractivity contribution in [3.63, 3.8) is 0 Å². The van der Waals surface area contributed by atoms with Crippen LogP contribution in [-0.4, -0.2) is 25.0 Å². The van der Waals surface area contributed by atoms with Gasteiger partial charge in [-0.3, -0.25) is 4.57 Å². The summed E-state index contributed by atoms with van der Waals surface area (Å²) in [4.78, 5) is 5.66. The molecule has 0 spiro atoms. The molecule has 0 saturated heterocycles. The van der Waals surface area contributed by atoms with Gasteiger partial charge in [-0.25, -0.2) is 4.98 Å². The number of imidazole rings is 1. The fourth-order valence-corrected chi connectivity index (χ4v) is 5.43. The lowest BCUT2D eigenvalue weighted by atomic mass is 10.0. The molecule has 4 aromatic carbocycles. The van der Waals surface area contributed by atoms with Gasteiger partial charge in [0.1, 0.15) is 17.2 Å². The maximum atomic E-state index is 12.3. The molecule has 0 aliphatic carbocycles. The van der Waals surface area contributed by atoms with Crippen LogP contribution in [0.4, 0.5) is 0 Å². The lowest BCUT2D eigenvalue weighted by molar-refractivity contribution is 0.0743. The van der Waals surface area contributed by atoms with Gasteiger partial charge in [-0.2, -0.15) is 0 Å². The molecule has 0 radical (unpaired) electrons. The summed E-state index contributed by atoms with van der Waals surface area (Å²) < 4.78 is 14.3. The third-order valence-electron chi connectivity index (χ3n) is 6.26. The molecule has 4 nitrogen and oxygen atoms in total. The zero-order valence-corrected chi connectivity index (χ0v) is 22.0. The van der Waals surface area contributed by atoms with Gasteiger partial charge in [0.15, 0.2) is 4.90 Å². The monoisotopic (exact) mass is 514 g/mol. The average Bonchev–Trinajstić information content (AvgIpc) is 3.33. The summed E-state index contributed by atoms with van der Waals surface area (Å²) in [7, 11) is 0. The molecule has 0 aliphatic heterocycles. The van der Waals surface area contributed by atoms with Gasteiger partial charge in [-0.1, -0.05) is 72.3 Å². The van der Waals surface area contributed by atoms with Crippen molar-refractivity contribution in [3.8, 4) is 28.2 Å². The van der Waals surface area contributed by atoms with Gasteiger partial charge in [0.05, 0.1) is 16.4 Å². The van der Waals surface area contributed by atoms with Crippen LogP contribution < -0.4 is 0 Å². The number of nitrogens with zero attached hydrogens (tertiary/aromatic N) is 2. The lowest BCUT2D eigenvalue weighted by Gasteiger charge is -2.14. The van der Waals surface area contributed by atoms with Gasteiger partial charge in [0.25, 0.3) is 0 Å². The van der Waals surface area contributed by atoms with Crippen LogP contribution in [0.5, 0.6) is 0 Å². The van der Waals surface area contributed by atoms with E-state index in [0.717, 1.165) is 38.0 Å². The van der Waals surface area contributed by atoms with Crippen molar-refractivity contribution in [3.05, 3.63) is 102 Å². The van der Waals surface area contributed by atoms with Crippen molar-refractivity contribution in [1.29, 1.82) is 0 Å². The van der Waals surface area contributed by atoms with E-state index in [0.29, 0.717) is 22.3 Å². The maximum Gasteiger partial charge on any atom is 0.153 e. The van der Waals surface area contributed by atoms with E-state index in [4.69, 9.17) is 16.6 Å². The normalized spacial score (nSPS) is 12.7. The van der Waals surface area contributed by atoms with E-state index in [2.05, 4.69) is 18.2 Å². The molecule has 0 saturated carbocycles. The SMILES string of the molecule is CC[S+]([O-])c1cccc(-c2ccc(-n3cc(C(C)(C)O)nc3-c3cccc4ccccc34)c(Cl)c2)c1. The number of benzene rings is 4. The second kappa shape index (κ2) is 9.75. The molecular weight excluding hydrogens is 488 g/mol. The summed E-state index contributed by atoms with van der Waals surface area (Å²) in [5.74, 6) is 1.28. The van der Waals surface area contributed by atoms with Gasteiger partial charge in [-0.15, -0.1) is 0 Å². The van der Waals surface area contributed by atoms with Crippen molar-refractivity contribution < 1.29 is 9.66 Å². The molecule has 0 fully saturated rings. The van der Waals surface area contributed by atoms with Crippen molar-refractivity contribution in [2.75, 3.05) is 5.75 Å². The largest absolute Gasteiger partial charge is 0.611 e. The topological polar surface area (TPSA) is 61.1 Å². The molecule has 1 atom stereocenters. The quantitative estimate of drug-likeness (QED) is 0.241. The van der Waals surface area contributed by atoms with Gasteiger partial charge in [0.2, 0.25) is 0 Å². The Balaban J connectivity index is 1.65. The Labute approximate surface area is 219 Å². The van der Waals surface area contributed by atoms with Crippen molar-refractivity contribution in [1.82, 2.24) is 9.55 Å². The predicted octanol–water partition coefficient (Wildman–Crippen LogP) is 7.37. The lowest BCUT2D eigenvalue weighted by Crippen LogP contribution is -2.15. The van der Waals surface area contributed by atoms with E-state index in [1.54, 1.807) is 13.8 Å². The summed E-state index contributed by atoms with van der Waals surface area (Å²) in [5, 5.41) is 13.5. The minimum absolute atomic E-state index is 0.552. The van der Waals surface area contributed by atoms with Crippen LogP contribution in [0.15, 0.2) is 96.0 Å². The van der Waals surface area contributed by atoms with Gasteiger partial charge >= 0.3 is 0 Å². The minimum atomic E-state index is -1.12. The number of aromatic nitrogens is 2. The molecule has 0 amide bonds. The highest BCUT2D eigenvalue weighted by Gasteiger charge is 2.24. The maximum absolute atomic E-state index is 12.3. The van der Waals surface area contributed by atoms with Crippen LogP contribution in [-0.2, 0) is 16.8 Å². The zero-order valence-electron chi connectivity index (χ0n) is 20.4. The first kappa shape index (κ1) is 24.6. The molecule has 5 rings (SSSR count). The Morgan fingerprint density at radius 1 is 0.944 bits per heavy atom. The predicted molar refractivity (Wildman–Crippen MR) is 149 cm³/mol. The van der Waals surface area contributed by atoms with Crippen molar-refractivity contribution in [2.24, 2.45) is 0 Å². The first-order valence-electron chi connectivity index (χ1n) is 11.9. The fourth-order valence-electron chi connectivity index (χ4n) is 4.33. The van der Waals surface area contributed by atoms with Gasteiger partial charge < -0.3 is 9.66 Å². The fraction of sp³-hybridized carbons (Fsp3) is 0.167. The molecule has 1 N–H and O–H groups in total. The molecule has 36 heavy (non-hydrogen) atoms. The Kier molecular flexibility index (Phi) is 6.66. The number of rotatable bonds is 6. The zero-order chi connectivity index (χ0) is 25.4. The summed E-state index contributed by atoms with van der Waals surface area (Å²) in [6.07, 6.45) is 1.85. The number of halogens is 1. The summed E-state index contributed by atoms with van der Waals surface area (Å²) in [5.41, 5.74) is 3.05. The molecule has 0 bridgehead atoms. The van der Waals surface area contributed by atoms with Crippen molar-refractivity contribution >= 4 is 33.5 Å². The van der Waals surface area contributed by atoms with E-state index in [-0.39, 0.29) is 0 Å². The molecule has 0 aliphatic rings. The molecule has 5 aromatic rings. The average molecular weight is 515 g/mol. The standard InChI is InChI=1S/C30H27ClN2O2S/c1-4-36(35)23-12-7-11-21(17-23)22-15-16-27(26(31)18-22)33-19-28(30(2,3)34)32-29(33)25-14-8-10-20-9-5-6-13-24(20)25/h5-19,34H,4H2,1-3H3. The summed E-state index contributed by atoms with van der Waals surface area (Å²) in [6, 6.07) is 27.9. The molecule has 182 valence electrons. The van der Waals surface area contributed by atoms with Crippen molar-refractivity contribution in [2.45, 2.75) is 31.3 Å². The first-order chi connectivity index (χ1) is 17.3. The molecule has 1 heterocycles. The van der Waals surface area contributed by atoms with E-state index >= 15 is 0 Å². The van der Waals surface area contributed by atoms with Crippen LogP contribution in [0.3, 0.4) is 0 Å². The third kappa shape index (κ3) is 4.67. The molecule has 1 aromatic heterocycles. The molecule has 1 unspecified atom stereocenters. The van der Waals surface area contributed by atoms with Crippen LogP contribution in [0, 0.1) is 0 Å². The van der Waals surface area contributed by atoms with E-state index in [1.807, 2.05) is 84.4 Å². The number of hydrogen-bond acceptors (Lipinski definition) is 3. The minimum Gasteiger partial charge on any atom is -0.611 e. The Bertz CT molecular complexity index is 1550. The summed E-state index contributed by atoms with van der Waals surface area (Å²) >= 11 is 5.85. The first-order valence-corrected chi connectivity index (χ1v) is 13.5. The van der Waals surface area contributed by atoms with Crippen LogP contribution in [0.25, 0.3) is 39.0 Å². The number of hydrogen-bond donors (Lipinski definition) is 1. The van der Waals surface area contributed by atoms with E-state index in [9.17, 15) is 9.66 Å². The van der Waals surface area contributed by atoms with Gasteiger partial charge in [0, 0.05) is 17.8 Å². The Morgan fingerprint density at radius 2 is 1.67 bits per heavy atom. The number of fused-ring (bicyclic) bond motifs is 1. The Hall–Kier alpha value is -3.09. The second-order valence-electron chi connectivity index (χ2n) is 9.23. The highest BCUT2D eigenvalue weighted by Crippen LogP contribution is 2.36. The smallest absolute Gasteiger partial charge is 0.153 e. The second-order valence-corrected chi connectivity index (χ2v) is 11.4. The van der Waals surface area contributed by atoms with Crippen LogP contribution in [0.2, 0.25) is 5.02 Å². The highest BCUT2D eigenvalue weighted by atomic mass is 35.5. The van der Waals surface area contributed by atoms with E-state index < -0.39 is 16.8 Å². The number of aliphatic hydroxyl groups is 1. The van der Waals surface area contributed by atoms with Gasteiger partial charge in [-0.05, 0) is 72.0 Å². The third-order valence-corrected chi connectivity index (χ3v) is 7.87. The molecular formula is C30H27ClN2O2S. The van der Waals surface area contributed by atoms with Crippen LogP contribution >= 0.6 is 11.6 Å². The van der Waals surface area contributed by atoms with Crippen LogP contribution in [0.1, 0.15) is 26.5 Å².